The van der Waals surface area contributed by atoms with E-state index < -0.39 is 0 Å². The average molecular weight is 251 g/mol. The second kappa shape index (κ2) is 5.16. The maximum Gasteiger partial charge on any atom is 0.0253 e. The first kappa shape index (κ1) is 11.3. The Morgan fingerprint density at radius 3 is 2.00 bits per heavy atom. The number of rotatable bonds is 0. The molecule has 0 saturated carbocycles. The molecule has 0 unspecified atom stereocenters. The number of halogens is 1. The summed E-state index contributed by atoms with van der Waals surface area (Å²) in [5.74, 6) is 0. The number of hydrogen-bond donors (Lipinski definition) is 0. The normalized spacial score (nSPS) is 9.43. The van der Waals surface area contributed by atoms with Crippen LogP contribution in [0.4, 0.5) is 0 Å². The molecule has 0 heterocycles. The van der Waals surface area contributed by atoms with Gasteiger partial charge in [0.2, 0.25) is 0 Å². The van der Waals surface area contributed by atoms with Gasteiger partial charge in [-0.1, -0.05) is 60.1 Å². The van der Waals surface area contributed by atoms with E-state index in [9.17, 15) is 0 Å². The predicted octanol–water partition coefficient (Wildman–Crippen LogP) is 4.94. The molecule has 0 amide bonds. The molecule has 2 aromatic carbocycles. The minimum absolute atomic E-state index is 1.17. The maximum absolute atomic E-state index is 3.53. The van der Waals surface area contributed by atoms with Gasteiger partial charge in [-0.25, -0.2) is 0 Å². The van der Waals surface area contributed by atoms with E-state index >= 15 is 0 Å². The van der Waals surface area contributed by atoms with Crippen LogP contribution in [-0.2, 0) is 0 Å². The van der Waals surface area contributed by atoms with E-state index in [0.29, 0.717) is 0 Å². The van der Waals surface area contributed by atoms with Crippen molar-refractivity contribution in [2.45, 2.75) is 20.8 Å². The van der Waals surface area contributed by atoms with E-state index in [-0.39, 0.29) is 0 Å². The lowest BCUT2D eigenvalue weighted by Crippen LogP contribution is -1.78. The quantitative estimate of drug-likeness (QED) is 0.622. The molecule has 0 nitrogen and oxygen atoms in total. The molecule has 0 fully saturated rings. The van der Waals surface area contributed by atoms with Gasteiger partial charge >= 0.3 is 0 Å². The Labute approximate surface area is 94.1 Å². The van der Waals surface area contributed by atoms with Crippen LogP contribution in [0.15, 0.2) is 40.9 Å². The fraction of sp³-hybridized carbons (Fsp3) is 0.231. The number of hydrogen-bond acceptors (Lipinski definition) is 0. The van der Waals surface area contributed by atoms with Crippen LogP contribution in [-0.4, -0.2) is 0 Å². The summed E-state index contributed by atoms with van der Waals surface area (Å²) in [6, 6.07) is 12.6. The third-order valence-corrected chi connectivity index (χ3v) is 2.78. The first-order chi connectivity index (χ1) is 6.79. The van der Waals surface area contributed by atoms with Gasteiger partial charge in [-0.15, -0.1) is 0 Å². The summed E-state index contributed by atoms with van der Waals surface area (Å²) in [5, 5.41) is 2.62. The number of benzene rings is 2. The zero-order valence-corrected chi connectivity index (χ0v) is 10.4. The van der Waals surface area contributed by atoms with Crippen molar-refractivity contribution >= 4 is 26.7 Å². The van der Waals surface area contributed by atoms with Crippen LogP contribution in [0.3, 0.4) is 0 Å². The lowest BCUT2D eigenvalue weighted by atomic mass is 10.1. The van der Waals surface area contributed by atoms with Crippen LogP contribution < -0.4 is 0 Å². The summed E-state index contributed by atoms with van der Waals surface area (Å²) >= 11 is 3.53. The molecule has 2 rings (SSSR count). The van der Waals surface area contributed by atoms with Gasteiger partial charge in [0.15, 0.2) is 0 Å². The topological polar surface area (TPSA) is 0 Å². The Kier molecular flexibility index (Phi) is 4.15. The standard InChI is InChI=1S/C11H9Br.C2H6/c1-8-6-7-11(12)10-5-3-2-4-9(8)10;1-2/h2-7H,1H3;1-2H3. The average Bonchev–Trinajstić information content (AvgIpc) is 2.27. The highest BCUT2D eigenvalue weighted by Gasteiger charge is 1.98. The first-order valence-electron chi connectivity index (χ1n) is 4.93. The van der Waals surface area contributed by atoms with E-state index in [4.69, 9.17) is 0 Å². The predicted molar refractivity (Wildman–Crippen MR) is 67.7 cm³/mol. The van der Waals surface area contributed by atoms with Crippen molar-refractivity contribution in [3.63, 3.8) is 0 Å². The van der Waals surface area contributed by atoms with Gasteiger partial charge < -0.3 is 0 Å². The van der Waals surface area contributed by atoms with Gasteiger partial charge in [-0.3, -0.25) is 0 Å². The van der Waals surface area contributed by atoms with Gasteiger partial charge in [-0.2, -0.15) is 0 Å². The first-order valence-corrected chi connectivity index (χ1v) is 5.72. The molecule has 0 aromatic heterocycles. The SMILES string of the molecule is CC.Cc1ccc(Br)c2ccccc12. The largest absolute Gasteiger partial charge is 0.0683 e. The second-order valence-corrected chi connectivity index (χ2v) is 3.76. The zero-order valence-electron chi connectivity index (χ0n) is 8.84. The molecule has 0 saturated heterocycles. The van der Waals surface area contributed by atoms with E-state index in [2.05, 4.69) is 59.3 Å². The van der Waals surface area contributed by atoms with Crippen molar-refractivity contribution in [2.75, 3.05) is 0 Å². The fourth-order valence-corrected chi connectivity index (χ4v) is 1.89. The van der Waals surface area contributed by atoms with Crippen LogP contribution in [0.5, 0.6) is 0 Å². The molecule has 0 aliphatic carbocycles. The van der Waals surface area contributed by atoms with E-state index in [0.717, 1.165) is 0 Å². The lowest BCUT2D eigenvalue weighted by Gasteiger charge is -2.02. The summed E-state index contributed by atoms with van der Waals surface area (Å²) in [7, 11) is 0. The molecule has 0 bridgehead atoms. The fourth-order valence-electron chi connectivity index (χ4n) is 1.41. The monoisotopic (exact) mass is 250 g/mol. The molecule has 0 N–H and O–H groups in total. The third-order valence-electron chi connectivity index (χ3n) is 2.09. The summed E-state index contributed by atoms with van der Waals surface area (Å²) in [4.78, 5) is 0. The molecule has 2 aromatic rings. The summed E-state index contributed by atoms with van der Waals surface area (Å²) < 4.78 is 1.17. The van der Waals surface area contributed by atoms with Gasteiger partial charge in [0.05, 0.1) is 0 Å². The summed E-state index contributed by atoms with van der Waals surface area (Å²) in [6.07, 6.45) is 0. The van der Waals surface area contributed by atoms with Crippen molar-refractivity contribution in [1.82, 2.24) is 0 Å². The molecule has 74 valence electrons. The number of aryl methyl sites for hydroxylation is 1. The van der Waals surface area contributed by atoms with E-state index in [1.54, 1.807) is 0 Å². The molecule has 0 spiro atoms. The van der Waals surface area contributed by atoms with Crippen molar-refractivity contribution in [1.29, 1.82) is 0 Å². The van der Waals surface area contributed by atoms with Crippen LogP contribution in [0, 0.1) is 6.92 Å². The minimum Gasteiger partial charge on any atom is -0.0683 e. The Morgan fingerprint density at radius 1 is 0.857 bits per heavy atom. The molecule has 0 aliphatic heterocycles. The van der Waals surface area contributed by atoms with Crippen molar-refractivity contribution < 1.29 is 0 Å². The van der Waals surface area contributed by atoms with Gasteiger partial charge in [0.1, 0.15) is 0 Å². The van der Waals surface area contributed by atoms with Crippen LogP contribution in [0.1, 0.15) is 19.4 Å². The Bertz CT molecular complexity index is 378. The van der Waals surface area contributed by atoms with Crippen LogP contribution in [0.25, 0.3) is 10.8 Å². The lowest BCUT2D eigenvalue weighted by molar-refractivity contribution is 1.50. The van der Waals surface area contributed by atoms with Crippen molar-refractivity contribution in [3.05, 3.63) is 46.4 Å². The highest BCUT2D eigenvalue weighted by molar-refractivity contribution is 9.10. The summed E-state index contributed by atoms with van der Waals surface area (Å²) in [5.41, 5.74) is 1.33. The van der Waals surface area contributed by atoms with Crippen molar-refractivity contribution in [2.24, 2.45) is 0 Å². The molecule has 0 radical (unpaired) electrons. The number of fused-ring (bicyclic) bond motifs is 1. The molecule has 0 aliphatic rings. The van der Waals surface area contributed by atoms with Crippen molar-refractivity contribution in [3.8, 4) is 0 Å². The smallest absolute Gasteiger partial charge is 0.0253 e. The maximum atomic E-state index is 3.53. The van der Waals surface area contributed by atoms with Crippen LogP contribution in [0.2, 0.25) is 0 Å². The Balaban J connectivity index is 0.000000461. The Morgan fingerprint density at radius 2 is 1.43 bits per heavy atom. The van der Waals surface area contributed by atoms with Crippen LogP contribution >= 0.6 is 15.9 Å². The second-order valence-electron chi connectivity index (χ2n) is 2.91. The highest BCUT2D eigenvalue weighted by atomic mass is 79.9. The van der Waals surface area contributed by atoms with E-state index in [1.807, 2.05) is 13.8 Å². The summed E-state index contributed by atoms with van der Waals surface area (Å²) in [6.45, 7) is 6.13. The van der Waals surface area contributed by atoms with Gasteiger partial charge in [0, 0.05) is 4.47 Å². The Hall–Kier alpha value is -0.820. The van der Waals surface area contributed by atoms with Gasteiger partial charge in [0.25, 0.3) is 0 Å². The molecule has 0 atom stereocenters. The van der Waals surface area contributed by atoms with E-state index in [1.165, 1.54) is 20.8 Å². The molecule has 14 heavy (non-hydrogen) atoms. The minimum atomic E-state index is 1.17. The molecular formula is C13H15Br. The molecule has 1 heteroatoms. The van der Waals surface area contributed by atoms with Gasteiger partial charge in [-0.05, 0) is 29.3 Å². The zero-order chi connectivity index (χ0) is 10.6. The third kappa shape index (κ3) is 2.16. The molecular weight excluding hydrogens is 236 g/mol. The highest BCUT2D eigenvalue weighted by Crippen LogP contribution is 2.25.